The Labute approximate surface area is 84.5 Å². The molecule has 0 aromatic rings. The number of rotatable bonds is 3. The number of carbonyl (C=O) groups excluding carboxylic acids is 1. The second-order valence-corrected chi connectivity index (χ2v) is 4.32. The fraction of sp³-hybridized carbons (Fsp3) is 0.727. The predicted molar refractivity (Wildman–Crippen MR) is 53.2 cm³/mol. The first-order chi connectivity index (χ1) is 6.74. The summed E-state index contributed by atoms with van der Waals surface area (Å²) in [5.74, 6) is 1.50. The molecule has 14 heavy (non-hydrogen) atoms. The Morgan fingerprint density at radius 1 is 1.29 bits per heavy atom. The third-order valence-electron chi connectivity index (χ3n) is 3.69. The van der Waals surface area contributed by atoms with Crippen LogP contribution in [0.3, 0.4) is 0 Å². The Morgan fingerprint density at radius 3 is 2.21 bits per heavy atom. The van der Waals surface area contributed by atoms with Crippen molar-refractivity contribution in [1.82, 2.24) is 5.48 Å². The quantitative estimate of drug-likeness (QED) is 0.549. The smallest absolute Gasteiger partial charge is 0.352 e. The van der Waals surface area contributed by atoms with E-state index in [2.05, 4.69) is 12.1 Å². The van der Waals surface area contributed by atoms with Crippen LogP contribution in [0.25, 0.3) is 0 Å². The highest BCUT2D eigenvalue weighted by molar-refractivity contribution is 5.88. The minimum absolute atomic E-state index is 0.281. The molecule has 0 heterocycles. The van der Waals surface area contributed by atoms with Crippen LogP contribution < -0.4 is 5.48 Å². The summed E-state index contributed by atoms with van der Waals surface area (Å²) in [5.41, 5.74) is 3.08. The third-order valence-corrected chi connectivity index (χ3v) is 3.69. The van der Waals surface area contributed by atoms with Gasteiger partial charge in [0.25, 0.3) is 0 Å². The van der Waals surface area contributed by atoms with Crippen molar-refractivity contribution in [2.75, 3.05) is 7.05 Å². The van der Waals surface area contributed by atoms with Crippen LogP contribution in [0.2, 0.25) is 0 Å². The second kappa shape index (κ2) is 3.73. The monoisotopic (exact) mass is 195 g/mol. The van der Waals surface area contributed by atoms with Gasteiger partial charge in [-0.05, 0) is 43.4 Å². The van der Waals surface area contributed by atoms with E-state index in [1.807, 2.05) is 0 Å². The Balaban J connectivity index is 2.01. The topological polar surface area (TPSA) is 38.3 Å². The van der Waals surface area contributed by atoms with E-state index in [1.165, 1.54) is 25.7 Å². The van der Waals surface area contributed by atoms with E-state index in [-0.39, 0.29) is 5.97 Å². The van der Waals surface area contributed by atoms with Crippen LogP contribution in [-0.4, -0.2) is 13.0 Å². The summed E-state index contributed by atoms with van der Waals surface area (Å²) < 4.78 is 0. The number of carbonyl (C=O) groups is 1. The molecule has 2 saturated carbocycles. The van der Waals surface area contributed by atoms with Gasteiger partial charge in [-0.25, -0.2) is 4.79 Å². The van der Waals surface area contributed by atoms with Crippen molar-refractivity contribution < 1.29 is 9.63 Å². The van der Waals surface area contributed by atoms with Gasteiger partial charge < -0.3 is 4.84 Å². The van der Waals surface area contributed by atoms with Gasteiger partial charge in [0.1, 0.15) is 0 Å². The van der Waals surface area contributed by atoms with E-state index < -0.39 is 0 Å². The molecule has 2 aliphatic carbocycles. The van der Waals surface area contributed by atoms with Crippen LogP contribution in [0.4, 0.5) is 0 Å². The van der Waals surface area contributed by atoms with E-state index in [1.54, 1.807) is 7.05 Å². The Morgan fingerprint density at radius 2 is 1.79 bits per heavy atom. The first-order valence-electron chi connectivity index (χ1n) is 5.30. The average Bonchev–Trinajstić information content (AvgIpc) is 2.76. The molecular weight excluding hydrogens is 178 g/mol. The number of hydrogen-bond acceptors (Lipinski definition) is 3. The zero-order valence-electron chi connectivity index (χ0n) is 8.58. The van der Waals surface area contributed by atoms with Crippen molar-refractivity contribution in [3.8, 4) is 0 Å². The van der Waals surface area contributed by atoms with Crippen LogP contribution in [0, 0.1) is 17.8 Å². The van der Waals surface area contributed by atoms with Gasteiger partial charge in [-0.15, -0.1) is 0 Å². The minimum atomic E-state index is -0.281. The molecule has 0 unspecified atom stereocenters. The fourth-order valence-corrected chi connectivity index (χ4v) is 3.11. The van der Waals surface area contributed by atoms with Gasteiger partial charge in [0.05, 0.1) is 0 Å². The largest absolute Gasteiger partial charge is 0.367 e. The zero-order valence-corrected chi connectivity index (χ0v) is 8.58. The normalized spacial score (nSPS) is 34.5. The minimum Gasteiger partial charge on any atom is -0.367 e. The zero-order chi connectivity index (χ0) is 10.1. The first-order valence-corrected chi connectivity index (χ1v) is 5.30. The number of hydroxylamine groups is 1. The fourth-order valence-electron chi connectivity index (χ4n) is 3.11. The van der Waals surface area contributed by atoms with Crippen LogP contribution in [-0.2, 0) is 9.63 Å². The third kappa shape index (κ3) is 1.46. The molecule has 2 aliphatic rings. The molecule has 0 amide bonds. The number of nitrogens with one attached hydrogen (secondary N) is 1. The summed E-state index contributed by atoms with van der Waals surface area (Å²) in [7, 11) is 1.59. The van der Waals surface area contributed by atoms with Crippen LogP contribution in [0.1, 0.15) is 25.7 Å². The SMILES string of the molecule is C=C(C(=O)ONC)C1C2CCC1CC2. The summed E-state index contributed by atoms with van der Waals surface area (Å²) >= 11 is 0. The van der Waals surface area contributed by atoms with Crippen molar-refractivity contribution in [1.29, 1.82) is 0 Å². The lowest BCUT2D eigenvalue weighted by Gasteiger charge is -2.16. The lowest BCUT2D eigenvalue weighted by Crippen LogP contribution is -2.22. The molecule has 2 fully saturated rings. The predicted octanol–water partition coefficient (Wildman–Crippen LogP) is 1.66. The highest BCUT2D eigenvalue weighted by atomic mass is 16.7. The molecule has 0 spiro atoms. The van der Waals surface area contributed by atoms with Crippen molar-refractivity contribution in [2.45, 2.75) is 25.7 Å². The Bertz CT molecular complexity index is 242. The molecule has 3 nitrogen and oxygen atoms in total. The van der Waals surface area contributed by atoms with Gasteiger partial charge in [-0.3, -0.25) is 0 Å². The van der Waals surface area contributed by atoms with Gasteiger partial charge in [-0.1, -0.05) is 6.58 Å². The molecule has 2 bridgehead atoms. The summed E-state index contributed by atoms with van der Waals surface area (Å²) in [4.78, 5) is 16.2. The van der Waals surface area contributed by atoms with Crippen LogP contribution in [0.5, 0.6) is 0 Å². The van der Waals surface area contributed by atoms with Gasteiger partial charge in [0.15, 0.2) is 0 Å². The summed E-state index contributed by atoms with van der Waals surface area (Å²) in [6, 6.07) is 0. The number of hydrogen-bond donors (Lipinski definition) is 1. The first kappa shape index (κ1) is 9.71. The molecule has 1 N–H and O–H groups in total. The van der Waals surface area contributed by atoms with E-state index in [4.69, 9.17) is 4.84 Å². The van der Waals surface area contributed by atoms with E-state index >= 15 is 0 Å². The molecule has 0 radical (unpaired) electrons. The molecule has 78 valence electrons. The van der Waals surface area contributed by atoms with Gasteiger partial charge >= 0.3 is 5.97 Å². The van der Waals surface area contributed by atoms with Crippen LogP contribution in [0.15, 0.2) is 12.2 Å². The molecule has 0 saturated heterocycles. The molecule has 0 atom stereocenters. The van der Waals surface area contributed by atoms with Gasteiger partial charge in [-0.2, -0.15) is 5.48 Å². The maximum absolute atomic E-state index is 11.5. The molecule has 0 aliphatic heterocycles. The number of fused-ring (bicyclic) bond motifs is 2. The van der Waals surface area contributed by atoms with Gasteiger partial charge in [0, 0.05) is 12.6 Å². The van der Waals surface area contributed by atoms with Crippen molar-refractivity contribution in [3.05, 3.63) is 12.2 Å². The second-order valence-electron chi connectivity index (χ2n) is 4.32. The van der Waals surface area contributed by atoms with Crippen LogP contribution >= 0.6 is 0 Å². The van der Waals surface area contributed by atoms with Gasteiger partial charge in [0.2, 0.25) is 0 Å². The lowest BCUT2D eigenvalue weighted by molar-refractivity contribution is -0.145. The maximum atomic E-state index is 11.5. The Hall–Kier alpha value is -0.830. The lowest BCUT2D eigenvalue weighted by atomic mass is 9.90. The highest BCUT2D eigenvalue weighted by Gasteiger charge is 2.44. The summed E-state index contributed by atoms with van der Waals surface area (Å²) in [6.07, 6.45) is 5.06. The molecule has 3 heteroatoms. The van der Waals surface area contributed by atoms with E-state index in [9.17, 15) is 4.79 Å². The molecular formula is C11H17NO2. The summed E-state index contributed by atoms with van der Waals surface area (Å²) in [5, 5.41) is 0. The molecule has 2 rings (SSSR count). The van der Waals surface area contributed by atoms with Crippen molar-refractivity contribution >= 4 is 5.97 Å². The standard InChI is InChI=1S/C11H17NO2/c1-7(11(13)14-12-2)10-8-3-4-9(10)6-5-8/h8-10,12H,1,3-6H2,2H3. The Kier molecular flexibility index (Phi) is 2.59. The highest BCUT2D eigenvalue weighted by Crippen LogP contribution is 2.52. The van der Waals surface area contributed by atoms with E-state index in [0.717, 1.165) is 0 Å². The van der Waals surface area contributed by atoms with Crippen molar-refractivity contribution in [3.63, 3.8) is 0 Å². The average molecular weight is 195 g/mol. The molecule has 0 aromatic heterocycles. The van der Waals surface area contributed by atoms with Crippen molar-refractivity contribution in [2.24, 2.45) is 17.8 Å². The summed E-state index contributed by atoms with van der Waals surface area (Å²) in [6.45, 7) is 3.88. The molecule has 0 aromatic carbocycles. The maximum Gasteiger partial charge on any atom is 0.352 e. The van der Waals surface area contributed by atoms with E-state index in [0.29, 0.717) is 23.3 Å².